The topological polar surface area (TPSA) is 128 Å². The molecule has 0 spiro atoms. The number of nitrogens with zero attached hydrogens (tertiary/aromatic N) is 5. The maximum atomic E-state index is 14.1. The monoisotopic (exact) mass is 640 g/mol. The second-order valence-corrected chi connectivity index (χ2v) is 12.3. The van der Waals surface area contributed by atoms with E-state index in [2.05, 4.69) is 15.4 Å². The van der Waals surface area contributed by atoms with E-state index in [1.165, 1.54) is 4.90 Å². The molecule has 1 N–H and O–H groups in total. The summed E-state index contributed by atoms with van der Waals surface area (Å²) in [6.45, 7) is 4.56. The fourth-order valence-corrected chi connectivity index (χ4v) is 6.32. The van der Waals surface area contributed by atoms with Crippen LogP contribution in [0.2, 0.25) is 0 Å². The second-order valence-electron chi connectivity index (χ2n) is 12.3. The smallest absolute Gasteiger partial charge is 0.254 e. The zero-order valence-corrected chi connectivity index (χ0v) is 27.4. The summed E-state index contributed by atoms with van der Waals surface area (Å²) in [4.78, 5) is 48.0. The number of hydrogen-bond acceptors (Lipinski definition) is 8. The number of pyridine rings is 1. The Morgan fingerprint density at radius 1 is 1.04 bits per heavy atom. The van der Waals surface area contributed by atoms with Crippen molar-refractivity contribution in [3.8, 4) is 17.2 Å². The van der Waals surface area contributed by atoms with Crippen molar-refractivity contribution in [2.75, 3.05) is 33.8 Å². The van der Waals surface area contributed by atoms with E-state index >= 15 is 0 Å². The summed E-state index contributed by atoms with van der Waals surface area (Å²) in [5.74, 6) is 1.15. The molecule has 3 aliphatic rings. The molecule has 0 radical (unpaired) electrons. The van der Waals surface area contributed by atoms with Gasteiger partial charge < -0.3 is 29.3 Å². The number of benzene rings is 2. The number of rotatable bonds is 2. The standard InChI is InChI=1S/C35H40N6O6/c1-21-15-26(33-22(2)38-40(4)34(33)36-21)35(44)41-14-13-27-30(18-41)46-20-24-7-6-8-25(16-24)47-28-11-9-23(17-29(28)45-5)10-12-32(43)39(3)19-31(42)37-27/h6-9,11,15-17,27,30H,10,12-14,18-20H2,1-5H3,(H,37,42)/t27-,30-/m0/s1. The van der Waals surface area contributed by atoms with E-state index in [-0.39, 0.29) is 49.9 Å². The van der Waals surface area contributed by atoms with E-state index in [1.54, 1.807) is 29.8 Å². The van der Waals surface area contributed by atoms with Crippen LogP contribution in [0.5, 0.6) is 17.2 Å². The van der Waals surface area contributed by atoms with Gasteiger partial charge in [0.1, 0.15) is 5.75 Å². The van der Waals surface area contributed by atoms with Crippen molar-refractivity contribution < 1.29 is 28.6 Å². The summed E-state index contributed by atoms with van der Waals surface area (Å²) in [6, 6.07) is 14.6. The molecule has 4 aromatic rings. The maximum Gasteiger partial charge on any atom is 0.254 e. The highest BCUT2D eigenvalue weighted by Gasteiger charge is 2.35. The normalized spacial score (nSPS) is 19.3. The molecule has 0 unspecified atom stereocenters. The van der Waals surface area contributed by atoms with E-state index < -0.39 is 6.10 Å². The first-order valence-corrected chi connectivity index (χ1v) is 15.8. The van der Waals surface area contributed by atoms with Gasteiger partial charge >= 0.3 is 0 Å². The molecule has 0 aliphatic carbocycles. The van der Waals surface area contributed by atoms with Crippen molar-refractivity contribution >= 4 is 28.8 Å². The summed E-state index contributed by atoms with van der Waals surface area (Å²) in [7, 11) is 5.02. The van der Waals surface area contributed by atoms with Crippen molar-refractivity contribution in [3.63, 3.8) is 0 Å². The van der Waals surface area contributed by atoms with Crippen molar-refractivity contribution in [2.45, 2.75) is 51.9 Å². The lowest BCUT2D eigenvalue weighted by Gasteiger charge is -2.39. The number of ether oxygens (including phenoxy) is 3. The lowest BCUT2D eigenvalue weighted by Crippen LogP contribution is -2.57. The van der Waals surface area contributed by atoms with Gasteiger partial charge in [0.2, 0.25) is 11.8 Å². The number of carbonyl (C=O) groups is 3. The van der Waals surface area contributed by atoms with Gasteiger partial charge in [-0.25, -0.2) is 4.98 Å². The van der Waals surface area contributed by atoms with Crippen LogP contribution in [0.1, 0.15) is 45.7 Å². The average Bonchev–Trinajstić information content (AvgIpc) is 3.34. The number of likely N-dealkylation sites (N-methyl/N-ethyl adjacent to an activating group) is 1. The molecule has 7 rings (SSSR count). The van der Waals surface area contributed by atoms with Crippen LogP contribution in [0.25, 0.3) is 11.0 Å². The molecule has 4 bridgehead atoms. The molecular formula is C35H40N6O6. The molecule has 12 heteroatoms. The molecular weight excluding hydrogens is 600 g/mol. The maximum absolute atomic E-state index is 14.1. The van der Waals surface area contributed by atoms with E-state index in [1.807, 2.05) is 63.4 Å². The van der Waals surface area contributed by atoms with Crippen molar-refractivity contribution in [1.29, 1.82) is 0 Å². The van der Waals surface area contributed by atoms with Gasteiger partial charge in [-0.15, -0.1) is 0 Å². The number of piperidine rings is 1. The van der Waals surface area contributed by atoms with Gasteiger partial charge in [-0.05, 0) is 68.1 Å². The van der Waals surface area contributed by atoms with Crippen molar-refractivity contribution in [3.05, 3.63) is 76.6 Å². The Balaban J connectivity index is 1.28. The molecule has 3 aliphatic heterocycles. The van der Waals surface area contributed by atoms with Crippen LogP contribution in [0.3, 0.4) is 0 Å². The molecule has 246 valence electrons. The fraction of sp³-hybridized carbons (Fsp3) is 0.400. The van der Waals surface area contributed by atoms with Gasteiger partial charge in [-0.2, -0.15) is 5.10 Å². The predicted octanol–water partition coefficient (Wildman–Crippen LogP) is 3.71. The molecule has 0 saturated carbocycles. The molecule has 2 atom stereocenters. The zero-order valence-electron chi connectivity index (χ0n) is 27.4. The molecule has 47 heavy (non-hydrogen) atoms. The number of fused-ring (bicyclic) bond motifs is 10. The van der Waals surface area contributed by atoms with Crippen LogP contribution in [0, 0.1) is 13.8 Å². The summed E-state index contributed by atoms with van der Waals surface area (Å²) in [6.07, 6.45) is 0.696. The van der Waals surface area contributed by atoms with Crippen LogP contribution in [-0.4, -0.2) is 88.2 Å². The highest BCUT2D eigenvalue weighted by Crippen LogP contribution is 2.33. The predicted molar refractivity (Wildman–Crippen MR) is 174 cm³/mol. The Kier molecular flexibility index (Phi) is 9.12. The van der Waals surface area contributed by atoms with Crippen LogP contribution < -0.4 is 14.8 Å². The third kappa shape index (κ3) is 6.92. The van der Waals surface area contributed by atoms with Crippen LogP contribution in [0.4, 0.5) is 0 Å². The molecule has 5 heterocycles. The number of hydrogen-bond donors (Lipinski definition) is 1. The molecule has 2 aromatic heterocycles. The van der Waals surface area contributed by atoms with E-state index in [9.17, 15) is 14.4 Å². The Bertz CT molecular complexity index is 1840. The summed E-state index contributed by atoms with van der Waals surface area (Å²) < 4.78 is 19.9. The summed E-state index contributed by atoms with van der Waals surface area (Å²) >= 11 is 0. The Morgan fingerprint density at radius 2 is 1.87 bits per heavy atom. The van der Waals surface area contributed by atoms with E-state index in [0.29, 0.717) is 47.8 Å². The van der Waals surface area contributed by atoms with Gasteiger partial charge in [0.25, 0.3) is 5.91 Å². The molecule has 1 saturated heterocycles. The number of nitrogens with one attached hydrogen (secondary N) is 1. The van der Waals surface area contributed by atoms with Gasteiger partial charge in [-0.3, -0.25) is 19.1 Å². The molecule has 12 nitrogen and oxygen atoms in total. The second kappa shape index (κ2) is 13.4. The van der Waals surface area contributed by atoms with Crippen molar-refractivity contribution in [2.24, 2.45) is 7.05 Å². The Labute approximate surface area is 273 Å². The summed E-state index contributed by atoms with van der Waals surface area (Å²) in [5.41, 5.74) is 4.45. The first-order chi connectivity index (χ1) is 22.6. The Hall–Kier alpha value is -4.97. The van der Waals surface area contributed by atoms with Gasteiger partial charge in [0.05, 0.1) is 49.1 Å². The molecule has 1 fully saturated rings. The number of carbonyl (C=O) groups excluding carboxylic acids is 3. The van der Waals surface area contributed by atoms with Gasteiger partial charge in [0.15, 0.2) is 17.1 Å². The van der Waals surface area contributed by atoms with Gasteiger partial charge in [0, 0.05) is 39.3 Å². The van der Waals surface area contributed by atoms with Gasteiger partial charge in [-0.1, -0.05) is 18.2 Å². The minimum absolute atomic E-state index is 0.0859. The third-order valence-corrected chi connectivity index (χ3v) is 8.77. The number of methoxy groups -OCH3 is 1. The molecule has 3 amide bonds. The quantitative estimate of drug-likeness (QED) is 0.351. The van der Waals surface area contributed by atoms with E-state index in [4.69, 9.17) is 14.2 Å². The first kappa shape index (κ1) is 32.0. The fourth-order valence-electron chi connectivity index (χ4n) is 6.32. The lowest BCUT2D eigenvalue weighted by molar-refractivity contribution is -0.135. The molecule has 2 aromatic carbocycles. The SMILES string of the molecule is COc1cc2ccc1Oc1cccc(c1)CO[C@H]1CN(C(=O)c3cc(C)nc4c3c(C)nn4C)CC[C@@H]1NC(=O)CN(C)C(=O)CC2. The van der Waals surface area contributed by atoms with Crippen LogP contribution in [0.15, 0.2) is 48.5 Å². The first-order valence-electron chi connectivity index (χ1n) is 15.8. The minimum Gasteiger partial charge on any atom is -0.493 e. The highest BCUT2D eigenvalue weighted by molar-refractivity contribution is 6.06. The highest BCUT2D eigenvalue weighted by atomic mass is 16.5. The zero-order chi connectivity index (χ0) is 33.2. The largest absolute Gasteiger partial charge is 0.493 e. The number of likely N-dealkylation sites (tertiary alicyclic amines) is 1. The van der Waals surface area contributed by atoms with Crippen LogP contribution in [-0.2, 0) is 34.4 Å². The number of amides is 3. The van der Waals surface area contributed by atoms with Crippen molar-refractivity contribution in [1.82, 2.24) is 29.9 Å². The third-order valence-electron chi connectivity index (χ3n) is 8.77. The van der Waals surface area contributed by atoms with E-state index in [0.717, 1.165) is 27.9 Å². The number of aromatic nitrogens is 3. The number of aryl methyl sites for hydroxylation is 4. The Morgan fingerprint density at radius 3 is 2.68 bits per heavy atom. The average molecular weight is 641 g/mol. The van der Waals surface area contributed by atoms with Crippen LogP contribution >= 0.6 is 0 Å². The minimum atomic E-state index is -0.509. The summed E-state index contributed by atoms with van der Waals surface area (Å²) in [5, 5.41) is 8.32. The lowest BCUT2D eigenvalue weighted by atomic mass is 9.99.